The van der Waals surface area contributed by atoms with Crippen molar-refractivity contribution < 1.29 is 9.53 Å². The first kappa shape index (κ1) is 15.4. The van der Waals surface area contributed by atoms with Gasteiger partial charge in [0.15, 0.2) is 0 Å². The third-order valence-corrected chi connectivity index (χ3v) is 3.41. The van der Waals surface area contributed by atoms with Crippen molar-refractivity contribution in [2.45, 2.75) is 13.0 Å². The molecule has 0 radical (unpaired) electrons. The van der Waals surface area contributed by atoms with E-state index in [2.05, 4.69) is 22.1 Å². The molecule has 1 fully saturated rings. The molecule has 0 atom stereocenters. The normalized spacial score (nSPS) is 15.6. The zero-order valence-electron chi connectivity index (χ0n) is 12.3. The number of benzene rings is 1. The van der Waals surface area contributed by atoms with E-state index in [1.807, 2.05) is 18.2 Å². The van der Waals surface area contributed by atoms with Crippen molar-refractivity contribution in [1.82, 2.24) is 10.2 Å². The highest BCUT2D eigenvalue weighted by atomic mass is 16.5. The third kappa shape index (κ3) is 4.48. The number of rotatable bonds is 3. The van der Waals surface area contributed by atoms with Crippen molar-refractivity contribution in [3.05, 3.63) is 29.3 Å². The van der Waals surface area contributed by atoms with E-state index in [9.17, 15) is 4.79 Å². The number of carbonyl (C=O) groups is 1. The molecule has 21 heavy (non-hydrogen) atoms. The second kappa shape index (κ2) is 7.67. The molecular formula is C16H21N3O2. The molecule has 1 amide bonds. The van der Waals surface area contributed by atoms with Crippen LogP contribution >= 0.6 is 0 Å². The Bertz CT molecular complexity index is 560. The van der Waals surface area contributed by atoms with Gasteiger partial charge in [-0.2, -0.15) is 0 Å². The van der Waals surface area contributed by atoms with Crippen LogP contribution in [0.25, 0.3) is 0 Å². The topological polar surface area (TPSA) is 67.6 Å². The maximum atomic E-state index is 11.4. The second-order valence-electron chi connectivity index (χ2n) is 4.91. The predicted molar refractivity (Wildman–Crippen MR) is 81.8 cm³/mol. The van der Waals surface area contributed by atoms with Crippen LogP contribution in [0.2, 0.25) is 0 Å². The number of ether oxygens (including phenoxy) is 1. The summed E-state index contributed by atoms with van der Waals surface area (Å²) in [5.74, 6) is 6.86. The molecule has 3 N–H and O–H groups in total. The van der Waals surface area contributed by atoms with E-state index in [-0.39, 0.29) is 5.91 Å². The lowest BCUT2D eigenvalue weighted by atomic mass is 10.1. The lowest BCUT2D eigenvalue weighted by Gasteiger charge is -2.20. The van der Waals surface area contributed by atoms with Gasteiger partial charge in [-0.3, -0.25) is 9.69 Å². The van der Waals surface area contributed by atoms with Crippen LogP contribution in [0.5, 0.6) is 5.75 Å². The fraction of sp³-hybridized carbons (Fsp3) is 0.438. The third-order valence-electron chi connectivity index (χ3n) is 3.41. The van der Waals surface area contributed by atoms with E-state index >= 15 is 0 Å². The van der Waals surface area contributed by atoms with Gasteiger partial charge in [-0.15, -0.1) is 0 Å². The van der Waals surface area contributed by atoms with Crippen LogP contribution in [0.15, 0.2) is 18.2 Å². The first-order valence-electron chi connectivity index (χ1n) is 7.08. The predicted octanol–water partition coefficient (Wildman–Crippen LogP) is 0.327. The van der Waals surface area contributed by atoms with Gasteiger partial charge in [0.2, 0.25) is 5.91 Å². The Morgan fingerprint density at radius 2 is 2.29 bits per heavy atom. The quantitative estimate of drug-likeness (QED) is 0.786. The molecule has 0 unspecified atom stereocenters. The molecule has 0 aliphatic carbocycles. The van der Waals surface area contributed by atoms with Gasteiger partial charge in [-0.25, -0.2) is 0 Å². The average molecular weight is 287 g/mol. The minimum absolute atomic E-state index is 0.118. The molecule has 1 aromatic carbocycles. The fourth-order valence-corrected chi connectivity index (χ4v) is 2.35. The first-order chi connectivity index (χ1) is 10.2. The van der Waals surface area contributed by atoms with Crippen molar-refractivity contribution in [2.75, 3.05) is 33.3 Å². The molecule has 1 aliphatic rings. The van der Waals surface area contributed by atoms with Gasteiger partial charge in [-0.05, 0) is 18.2 Å². The minimum Gasteiger partial charge on any atom is -0.496 e. The van der Waals surface area contributed by atoms with Gasteiger partial charge in [0.25, 0.3) is 0 Å². The maximum Gasteiger partial charge on any atom is 0.221 e. The molecular weight excluding hydrogens is 266 g/mol. The van der Waals surface area contributed by atoms with E-state index in [1.54, 1.807) is 7.11 Å². The number of nitrogens with zero attached hydrogens (tertiary/aromatic N) is 1. The second-order valence-corrected chi connectivity index (χ2v) is 4.91. The Hall–Kier alpha value is -2.03. The van der Waals surface area contributed by atoms with Crippen LogP contribution in [0.3, 0.4) is 0 Å². The summed E-state index contributed by atoms with van der Waals surface area (Å²) in [7, 11) is 1.66. The van der Waals surface area contributed by atoms with Gasteiger partial charge in [0, 0.05) is 43.7 Å². The monoisotopic (exact) mass is 287 g/mol. The lowest BCUT2D eigenvalue weighted by molar-refractivity contribution is -0.120. The highest BCUT2D eigenvalue weighted by Crippen LogP contribution is 2.21. The molecule has 1 heterocycles. The molecule has 5 nitrogen and oxygen atoms in total. The molecule has 0 spiro atoms. The Morgan fingerprint density at radius 3 is 3.05 bits per heavy atom. The molecule has 0 saturated carbocycles. The maximum absolute atomic E-state index is 11.4. The van der Waals surface area contributed by atoms with E-state index < -0.39 is 0 Å². The Balaban J connectivity index is 2.14. The number of nitrogens with two attached hydrogens (primary N) is 1. The fourth-order valence-electron chi connectivity index (χ4n) is 2.35. The van der Waals surface area contributed by atoms with Crippen molar-refractivity contribution in [3.63, 3.8) is 0 Å². The number of hydrogen-bond acceptors (Lipinski definition) is 4. The number of nitrogens with one attached hydrogen (secondary N) is 1. The largest absolute Gasteiger partial charge is 0.496 e. The summed E-state index contributed by atoms with van der Waals surface area (Å²) in [4.78, 5) is 13.6. The Morgan fingerprint density at radius 1 is 1.43 bits per heavy atom. The molecule has 2 rings (SSSR count). The van der Waals surface area contributed by atoms with Crippen LogP contribution in [0.4, 0.5) is 0 Å². The van der Waals surface area contributed by atoms with Crippen LogP contribution in [0, 0.1) is 11.8 Å². The average Bonchev–Trinajstić information content (AvgIpc) is 2.70. The molecule has 1 aromatic rings. The molecule has 0 bridgehead atoms. The van der Waals surface area contributed by atoms with E-state index in [4.69, 9.17) is 10.5 Å². The van der Waals surface area contributed by atoms with Gasteiger partial charge in [0.05, 0.1) is 13.7 Å². The van der Waals surface area contributed by atoms with E-state index in [1.165, 1.54) is 0 Å². The van der Waals surface area contributed by atoms with E-state index in [0.29, 0.717) is 19.5 Å². The van der Waals surface area contributed by atoms with Crippen LogP contribution < -0.4 is 15.8 Å². The zero-order valence-corrected chi connectivity index (χ0v) is 12.3. The summed E-state index contributed by atoms with van der Waals surface area (Å²) in [6.45, 7) is 3.38. The van der Waals surface area contributed by atoms with E-state index in [0.717, 1.165) is 36.5 Å². The first-order valence-corrected chi connectivity index (χ1v) is 7.08. The summed E-state index contributed by atoms with van der Waals surface area (Å²) >= 11 is 0. The van der Waals surface area contributed by atoms with Crippen molar-refractivity contribution in [3.8, 4) is 17.6 Å². The standard InChI is InChI=1S/C16H21N3O2/c1-21-15-5-4-13(3-2-7-17)11-14(15)12-19-9-6-16(20)18-8-10-19/h4-5,11H,6-10,12,17H2,1H3,(H,18,20). The number of methoxy groups -OCH3 is 1. The van der Waals surface area contributed by atoms with Crippen molar-refractivity contribution >= 4 is 5.91 Å². The van der Waals surface area contributed by atoms with Crippen molar-refractivity contribution in [1.29, 1.82) is 0 Å². The number of carbonyl (C=O) groups excluding carboxylic acids is 1. The zero-order chi connectivity index (χ0) is 15.1. The molecule has 5 heteroatoms. The summed E-state index contributed by atoms with van der Waals surface area (Å²) in [6.07, 6.45) is 0.537. The molecule has 0 aromatic heterocycles. The van der Waals surface area contributed by atoms with Crippen LogP contribution in [-0.4, -0.2) is 44.1 Å². The number of hydrogen-bond donors (Lipinski definition) is 2. The highest BCUT2D eigenvalue weighted by molar-refractivity contribution is 5.76. The minimum atomic E-state index is 0.118. The lowest BCUT2D eigenvalue weighted by Crippen LogP contribution is -2.28. The number of amides is 1. The highest BCUT2D eigenvalue weighted by Gasteiger charge is 2.15. The van der Waals surface area contributed by atoms with Crippen molar-refractivity contribution in [2.24, 2.45) is 5.73 Å². The SMILES string of the molecule is COc1ccc(C#CCN)cc1CN1CCNC(=O)CC1. The Kier molecular flexibility index (Phi) is 5.61. The smallest absolute Gasteiger partial charge is 0.221 e. The summed E-state index contributed by atoms with van der Waals surface area (Å²) in [6, 6.07) is 5.89. The summed E-state index contributed by atoms with van der Waals surface area (Å²) < 4.78 is 5.42. The molecule has 1 aliphatic heterocycles. The van der Waals surface area contributed by atoms with Crippen LogP contribution in [0.1, 0.15) is 17.5 Å². The summed E-state index contributed by atoms with van der Waals surface area (Å²) in [5.41, 5.74) is 7.42. The van der Waals surface area contributed by atoms with Gasteiger partial charge in [-0.1, -0.05) is 11.8 Å². The summed E-state index contributed by atoms with van der Waals surface area (Å²) in [5, 5.41) is 2.88. The van der Waals surface area contributed by atoms with Gasteiger partial charge in [0.1, 0.15) is 5.75 Å². The molecule has 1 saturated heterocycles. The molecule has 112 valence electrons. The van der Waals surface area contributed by atoms with Crippen LogP contribution in [-0.2, 0) is 11.3 Å². The Labute approximate surface area is 125 Å². The van der Waals surface area contributed by atoms with Gasteiger partial charge < -0.3 is 15.8 Å². The van der Waals surface area contributed by atoms with Gasteiger partial charge >= 0.3 is 0 Å².